The number of amides is 1. The lowest BCUT2D eigenvalue weighted by molar-refractivity contribution is -0.123. The van der Waals surface area contributed by atoms with Crippen LogP contribution in [0.4, 0.5) is 0 Å². The third-order valence-corrected chi connectivity index (χ3v) is 3.33. The van der Waals surface area contributed by atoms with Gasteiger partial charge in [-0.05, 0) is 46.1 Å². The van der Waals surface area contributed by atoms with Gasteiger partial charge in [0.1, 0.15) is 0 Å². The second kappa shape index (κ2) is 5.85. The second-order valence-electron chi connectivity index (χ2n) is 6.62. The molecule has 0 bridgehead atoms. The highest BCUT2D eigenvalue weighted by Crippen LogP contribution is 2.20. The van der Waals surface area contributed by atoms with Crippen LogP contribution in [0.1, 0.15) is 53.9 Å². The molecule has 1 unspecified atom stereocenters. The Kier molecular flexibility index (Phi) is 4.99. The van der Waals surface area contributed by atoms with E-state index >= 15 is 0 Å². The number of piperidine rings is 1. The molecule has 0 aromatic carbocycles. The number of nitrogens with zero attached hydrogens (tertiary/aromatic N) is 1. The third kappa shape index (κ3) is 5.07. The van der Waals surface area contributed by atoms with E-state index in [1.54, 1.807) is 0 Å². The second-order valence-corrected chi connectivity index (χ2v) is 6.62. The first kappa shape index (κ1) is 14.5. The lowest BCUT2D eigenvalue weighted by Crippen LogP contribution is -2.53. The van der Waals surface area contributed by atoms with E-state index in [2.05, 4.69) is 44.8 Å². The number of rotatable bonds is 3. The van der Waals surface area contributed by atoms with Crippen molar-refractivity contribution in [1.29, 1.82) is 0 Å². The summed E-state index contributed by atoms with van der Waals surface area (Å²) in [7, 11) is 0. The van der Waals surface area contributed by atoms with Gasteiger partial charge in [-0.2, -0.15) is 0 Å². The Labute approximate surface area is 106 Å². The molecular formula is C14H28N2O. The third-order valence-electron chi connectivity index (χ3n) is 3.33. The van der Waals surface area contributed by atoms with Crippen LogP contribution in [-0.2, 0) is 4.79 Å². The number of likely N-dealkylation sites (tertiary alicyclic amines) is 1. The first-order valence-electron chi connectivity index (χ1n) is 6.83. The molecule has 0 radical (unpaired) electrons. The van der Waals surface area contributed by atoms with Gasteiger partial charge in [-0.15, -0.1) is 0 Å². The van der Waals surface area contributed by atoms with Crippen molar-refractivity contribution in [3.63, 3.8) is 0 Å². The fourth-order valence-corrected chi connectivity index (χ4v) is 2.36. The van der Waals surface area contributed by atoms with Gasteiger partial charge in [0.25, 0.3) is 0 Å². The molecule has 3 heteroatoms. The Balaban J connectivity index is 2.42. The van der Waals surface area contributed by atoms with E-state index < -0.39 is 0 Å². The minimum Gasteiger partial charge on any atom is -0.352 e. The summed E-state index contributed by atoms with van der Waals surface area (Å²) in [5, 5.41) is 3.17. The van der Waals surface area contributed by atoms with E-state index in [4.69, 9.17) is 0 Å². The Hall–Kier alpha value is -0.570. The molecule has 0 spiro atoms. The van der Waals surface area contributed by atoms with Gasteiger partial charge in [0, 0.05) is 24.5 Å². The van der Waals surface area contributed by atoms with Crippen LogP contribution in [0.5, 0.6) is 0 Å². The quantitative estimate of drug-likeness (QED) is 0.821. The van der Waals surface area contributed by atoms with Crippen molar-refractivity contribution in [2.24, 2.45) is 5.92 Å². The molecule has 1 fully saturated rings. The number of hydrogen-bond donors (Lipinski definition) is 1. The summed E-state index contributed by atoms with van der Waals surface area (Å²) >= 11 is 0. The molecule has 1 amide bonds. The van der Waals surface area contributed by atoms with Gasteiger partial charge in [0.15, 0.2) is 0 Å². The van der Waals surface area contributed by atoms with E-state index in [9.17, 15) is 4.79 Å². The van der Waals surface area contributed by atoms with Crippen LogP contribution in [0.3, 0.4) is 0 Å². The summed E-state index contributed by atoms with van der Waals surface area (Å²) in [6.07, 6.45) is 2.95. The molecule has 1 saturated heterocycles. The molecule has 1 rings (SSSR count). The van der Waals surface area contributed by atoms with Crippen LogP contribution in [0, 0.1) is 5.92 Å². The standard InChI is InChI=1S/C14H28N2O/c1-11(2)9-13(17)15-12-7-6-8-16(10-12)14(3,4)5/h11-12H,6-10H2,1-5H3,(H,15,17). The van der Waals surface area contributed by atoms with Gasteiger partial charge in [0.2, 0.25) is 5.91 Å². The highest BCUT2D eigenvalue weighted by molar-refractivity contribution is 5.76. The lowest BCUT2D eigenvalue weighted by atomic mass is 9.98. The van der Waals surface area contributed by atoms with Crippen molar-refractivity contribution in [2.75, 3.05) is 13.1 Å². The van der Waals surface area contributed by atoms with Crippen molar-refractivity contribution in [3.8, 4) is 0 Å². The monoisotopic (exact) mass is 240 g/mol. The minimum absolute atomic E-state index is 0.209. The molecule has 100 valence electrons. The van der Waals surface area contributed by atoms with Gasteiger partial charge in [-0.25, -0.2) is 0 Å². The Morgan fingerprint density at radius 1 is 1.41 bits per heavy atom. The van der Waals surface area contributed by atoms with Crippen LogP contribution in [0.25, 0.3) is 0 Å². The summed E-state index contributed by atoms with van der Waals surface area (Å²) in [5.41, 5.74) is 0.210. The summed E-state index contributed by atoms with van der Waals surface area (Å²) in [5.74, 6) is 0.651. The van der Waals surface area contributed by atoms with Crippen molar-refractivity contribution in [2.45, 2.75) is 65.5 Å². The first-order chi connectivity index (χ1) is 7.79. The van der Waals surface area contributed by atoms with E-state index in [0.29, 0.717) is 18.4 Å². The highest BCUT2D eigenvalue weighted by Gasteiger charge is 2.28. The molecular weight excluding hydrogens is 212 g/mol. The molecule has 1 atom stereocenters. The normalized spacial score (nSPS) is 22.8. The van der Waals surface area contributed by atoms with Crippen molar-refractivity contribution >= 4 is 5.91 Å². The predicted octanol–water partition coefficient (Wildman–Crippen LogP) is 2.41. The minimum atomic E-state index is 0.209. The number of nitrogens with one attached hydrogen (secondary N) is 1. The van der Waals surface area contributed by atoms with Gasteiger partial charge < -0.3 is 5.32 Å². The van der Waals surface area contributed by atoms with Crippen LogP contribution in [0.15, 0.2) is 0 Å². The Bertz CT molecular complexity index is 255. The first-order valence-corrected chi connectivity index (χ1v) is 6.83. The van der Waals surface area contributed by atoms with Crippen molar-refractivity contribution in [1.82, 2.24) is 10.2 Å². The molecule has 17 heavy (non-hydrogen) atoms. The highest BCUT2D eigenvalue weighted by atomic mass is 16.1. The maximum Gasteiger partial charge on any atom is 0.220 e. The predicted molar refractivity (Wildman–Crippen MR) is 71.9 cm³/mol. The lowest BCUT2D eigenvalue weighted by Gasteiger charge is -2.41. The fourth-order valence-electron chi connectivity index (χ4n) is 2.36. The molecule has 0 aromatic heterocycles. The summed E-state index contributed by atoms with van der Waals surface area (Å²) in [4.78, 5) is 14.2. The van der Waals surface area contributed by atoms with Crippen LogP contribution >= 0.6 is 0 Å². The van der Waals surface area contributed by atoms with Crippen molar-refractivity contribution < 1.29 is 4.79 Å². The number of carbonyl (C=O) groups is 1. The number of hydrogen-bond acceptors (Lipinski definition) is 2. The van der Waals surface area contributed by atoms with Crippen LogP contribution in [-0.4, -0.2) is 35.5 Å². The molecule has 0 aliphatic carbocycles. The van der Waals surface area contributed by atoms with E-state index in [0.717, 1.165) is 19.5 Å². The van der Waals surface area contributed by atoms with Gasteiger partial charge in [-0.3, -0.25) is 9.69 Å². The average molecular weight is 240 g/mol. The Morgan fingerprint density at radius 2 is 2.06 bits per heavy atom. The van der Waals surface area contributed by atoms with Gasteiger partial charge in [0.05, 0.1) is 0 Å². The molecule has 3 nitrogen and oxygen atoms in total. The molecule has 0 aromatic rings. The maximum absolute atomic E-state index is 11.7. The van der Waals surface area contributed by atoms with Gasteiger partial charge >= 0.3 is 0 Å². The summed E-state index contributed by atoms with van der Waals surface area (Å²) in [6.45, 7) is 13.0. The smallest absolute Gasteiger partial charge is 0.220 e. The van der Waals surface area contributed by atoms with Crippen LogP contribution in [0.2, 0.25) is 0 Å². The zero-order chi connectivity index (χ0) is 13.1. The topological polar surface area (TPSA) is 32.3 Å². The summed E-state index contributed by atoms with van der Waals surface area (Å²) < 4.78 is 0. The largest absolute Gasteiger partial charge is 0.352 e. The van der Waals surface area contributed by atoms with E-state index in [1.807, 2.05) is 0 Å². The molecule has 1 aliphatic rings. The van der Waals surface area contributed by atoms with Gasteiger partial charge in [-0.1, -0.05) is 13.8 Å². The fraction of sp³-hybridized carbons (Fsp3) is 0.929. The molecule has 1 N–H and O–H groups in total. The van der Waals surface area contributed by atoms with Crippen LogP contribution < -0.4 is 5.32 Å². The SMILES string of the molecule is CC(C)CC(=O)NC1CCCN(C(C)(C)C)C1. The molecule has 1 aliphatic heterocycles. The Morgan fingerprint density at radius 3 is 2.59 bits per heavy atom. The maximum atomic E-state index is 11.7. The van der Waals surface area contributed by atoms with E-state index in [-0.39, 0.29) is 11.4 Å². The zero-order valence-electron chi connectivity index (χ0n) is 12.0. The van der Waals surface area contributed by atoms with Crippen molar-refractivity contribution in [3.05, 3.63) is 0 Å². The summed E-state index contributed by atoms with van der Waals surface area (Å²) in [6, 6.07) is 0.342. The number of carbonyl (C=O) groups excluding carboxylic acids is 1. The molecule has 1 heterocycles. The zero-order valence-corrected chi connectivity index (χ0v) is 12.0. The molecule has 0 saturated carbocycles. The average Bonchev–Trinajstić information content (AvgIpc) is 2.15. The van der Waals surface area contributed by atoms with E-state index in [1.165, 1.54) is 6.42 Å².